The molecule has 4 N–H and O–H groups in total. The van der Waals surface area contributed by atoms with Crippen LogP contribution in [0.2, 0.25) is 0 Å². The maximum Gasteiger partial charge on any atom is 0.150 e. The van der Waals surface area contributed by atoms with Crippen molar-refractivity contribution >= 4 is 11.5 Å². The van der Waals surface area contributed by atoms with Gasteiger partial charge < -0.3 is 15.7 Å². The van der Waals surface area contributed by atoms with Crippen molar-refractivity contribution in [3.63, 3.8) is 0 Å². The quantitative estimate of drug-likeness (QED) is 0.564. The van der Waals surface area contributed by atoms with Gasteiger partial charge in [0, 0.05) is 18.7 Å². The smallest absolute Gasteiger partial charge is 0.150 e. The van der Waals surface area contributed by atoms with Gasteiger partial charge in [0.2, 0.25) is 0 Å². The molecular formula is C13H17F2N3O. The van der Waals surface area contributed by atoms with E-state index in [0.717, 1.165) is 12.1 Å². The van der Waals surface area contributed by atoms with Crippen molar-refractivity contribution in [3.8, 4) is 0 Å². The monoisotopic (exact) mass is 269 g/mol. The molecule has 0 saturated carbocycles. The molecule has 1 aromatic carbocycles. The van der Waals surface area contributed by atoms with E-state index >= 15 is 0 Å². The average Bonchev–Trinajstić information content (AvgIpc) is 2.26. The first-order valence-electron chi connectivity index (χ1n) is 6.11. The molecule has 1 heterocycles. The number of benzene rings is 1. The summed E-state index contributed by atoms with van der Waals surface area (Å²) in [4.78, 5) is 1.50. The highest BCUT2D eigenvalue weighted by Gasteiger charge is 2.31. The molecule has 1 fully saturated rings. The Morgan fingerprint density at radius 3 is 2.47 bits per heavy atom. The van der Waals surface area contributed by atoms with Gasteiger partial charge in [0.1, 0.15) is 23.2 Å². The molecule has 0 amide bonds. The lowest BCUT2D eigenvalue weighted by atomic mass is 9.94. The van der Waals surface area contributed by atoms with E-state index < -0.39 is 17.2 Å². The van der Waals surface area contributed by atoms with Gasteiger partial charge in [-0.1, -0.05) is 0 Å². The van der Waals surface area contributed by atoms with Crippen LogP contribution in [0.15, 0.2) is 12.1 Å². The number of hydrogen-bond donors (Lipinski definition) is 3. The van der Waals surface area contributed by atoms with Gasteiger partial charge in [-0.15, -0.1) is 0 Å². The second-order valence-electron chi connectivity index (χ2n) is 5.22. The van der Waals surface area contributed by atoms with Crippen molar-refractivity contribution < 1.29 is 13.9 Å². The molecule has 0 spiro atoms. The van der Waals surface area contributed by atoms with Crippen molar-refractivity contribution in [1.29, 1.82) is 5.41 Å². The van der Waals surface area contributed by atoms with Crippen molar-refractivity contribution in [2.24, 2.45) is 5.73 Å². The first kappa shape index (κ1) is 13.7. The van der Waals surface area contributed by atoms with Crippen LogP contribution in [0.4, 0.5) is 14.5 Å². The second kappa shape index (κ2) is 4.77. The molecule has 2 rings (SSSR count). The van der Waals surface area contributed by atoms with Gasteiger partial charge >= 0.3 is 0 Å². The third-order valence-electron chi connectivity index (χ3n) is 3.32. The molecule has 1 aliphatic rings. The number of β-amino-alcohol motifs (C(OH)–C–C–N with tert-alkyl or cyclic N) is 1. The number of aliphatic hydroxyl groups is 1. The number of nitrogen functional groups attached to an aromatic ring is 1. The number of halogens is 2. The largest absolute Gasteiger partial charge is 0.388 e. The number of hydrogen-bond acceptors (Lipinski definition) is 3. The van der Waals surface area contributed by atoms with Crippen molar-refractivity contribution in [2.45, 2.75) is 25.4 Å². The number of amidine groups is 1. The van der Waals surface area contributed by atoms with Crippen LogP contribution in [-0.4, -0.2) is 29.6 Å². The third kappa shape index (κ3) is 2.84. The summed E-state index contributed by atoms with van der Waals surface area (Å²) in [6.45, 7) is 2.32. The number of nitrogens with one attached hydrogen (secondary N) is 1. The van der Waals surface area contributed by atoms with Crippen LogP contribution in [0.5, 0.6) is 0 Å². The Morgan fingerprint density at radius 2 is 2.00 bits per heavy atom. The highest BCUT2D eigenvalue weighted by Crippen LogP contribution is 2.30. The summed E-state index contributed by atoms with van der Waals surface area (Å²) in [5.74, 6) is -1.90. The summed E-state index contributed by atoms with van der Waals surface area (Å²) in [6, 6.07) is 2.09. The van der Waals surface area contributed by atoms with E-state index in [4.69, 9.17) is 11.1 Å². The van der Waals surface area contributed by atoms with Crippen LogP contribution in [0.25, 0.3) is 0 Å². The molecule has 0 radical (unpaired) electrons. The Hall–Kier alpha value is -1.69. The second-order valence-corrected chi connectivity index (χ2v) is 5.22. The minimum absolute atomic E-state index is 0.0162. The minimum atomic E-state index is -0.948. The van der Waals surface area contributed by atoms with Gasteiger partial charge in [-0.3, -0.25) is 5.41 Å². The van der Waals surface area contributed by atoms with E-state index in [9.17, 15) is 13.9 Å². The van der Waals surface area contributed by atoms with Crippen molar-refractivity contribution in [1.82, 2.24) is 0 Å². The van der Waals surface area contributed by atoms with Crippen LogP contribution >= 0.6 is 0 Å². The zero-order chi connectivity index (χ0) is 14.2. The first-order chi connectivity index (χ1) is 8.80. The predicted octanol–water partition coefficient (Wildman–Crippen LogP) is 1.60. The number of nitrogens with zero attached hydrogens (tertiary/aromatic N) is 1. The van der Waals surface area contributed by atoms with Gasteiger partial charge in [0.25, 0.3) is 0 Å². The summed E-state index contributed by atoms with van der Waals surface area (Å²) in [5, 5.41) is 17.2. The van der Waals surface area contributed by atoms with E-state index in [1.807, 2.05) is 0 Å². The van der Waals surface area contributed by atoms with E-state index in [0.29, 0.717) is 19.4 Å². The number of piperidine rings is 1. The van der Waals surface area contributed by atoms with Crippen molar-refractivity contribution in [3.05, 3.63) is 29.3 Å². The maximum atomic E-state index is 14.0. The first-order valence-corrected chi connectivity index (χ1v) is 6.11. The Morgan fingerprint density at radius 1 is 1.42 bits per heavy atom. The lowest BCUT2D eigenvalue weighted by molar-refractivity contribution is 0.0446. The molecule has 1 saturated heterocycles. The SMILES string of the molecule is CC1(O)CCCN(c2c(F)cc(C(=N)N)cc2F)C1. The normalized spacial score (nSPS) is 23.5. The molecule has 0 aliphatic carbocycles. The molecule has 104 valence electrons. The molecule has 0 aromatic heterocycles. The van der Waals surface area contributed by atoms with Gasteiger partial charge in [0.15, 0.2) is 0 Å². The molecule has 1 unspecified atom stereocenters. The topological polar surface area (TPSA) is 73.3 Å². The predicted molar refractivity (Wildman–Crippen MR) is 69.4 cm³/mol. The maximum absolute atomic E-state index is 14.0. The summed E-state index contributed by atoms with van der Waals surface area (Å²) in [5.41, 5.74) is 4.13. The molecular weight excluding hydrogens is 252 g/mol. The zero-order valence-electron chi connectivity index (χ0n) is 10.7. The molecule has 4 nitrogen and oxygen atoms in total. The molecule has 19 heavy (non-hydrogen) atoms. The summed E-state index contributed by atoms with van der Waals surface area (Å²) < 4.78 is 28.0. The lowest BCUT2D eigenvalue weighted by Gasteiger charge is -2.38. The van der Waals surface area contributed by atoms with Crippen LogP contribution in [-0.2, 0) is 0 Å². The third-order valence-corrected chi connectivity index (χ3v) is 3.32. The molecule has 1 aliphatic heterocycles. The molecule has 0 bridgehead atoms. The summed E-state index contributed by atoms with van der Waals surface area (Å²) in [7, 11) is 0. The standard InChI is InChI=1S/C13H17F2N3O/c1-13(19)3-2-4-18(7-13)11-9(14)5-8(12(16)17)6-10(11)15/h5-6,19H,2-4,7H2,1H3,(H3,16,17). The summed E-state index contributed by atoms with van der Waals surface area (Å²) in [6.07, 6.45) is 1.28. The Bertz CT molecular complexity index is 494. The fraction of sp³-hybridized carbons (Fsp3) is 0.462. The molecule has 6 heteroatoms. The van der Waals surface area contributed by atoms with Crippen LogP contribution < -0.4 is 10.6 Å². The van der Waals surface area contributed by atoms with E-state index in [-0.39, 0.29) is 23.6 Å². The van der Waals surface area contributed by atoms with Gasteiger partial charge in [-0.25, -0.2) is 8.78 Å². The van der Waals surface area contributed by atoms with E-state index in [1.54, 1.807) is 6.92 Å². The lowest BCUT2D eigenvalue weighted by Crippen LogP contribution is -2.46. The van der Waals surface area contributed by atoms with E-state index in [1.165, 1.54) is 4.90 Å². The van der Waals surface area contributed by atoms with Gasteiger partial charge in [-0.05, 0) is 31.9 Å². The Kier molecular flexibility index (Phi) is 3.45. The number of nitrogens with two attached hydrogens (primary N) is 1. The number of anilines is 1. The Labute approximate surface area is 110 Å². The average molecular weight is 269 g/mol. The van der Waals surface area contributed by atoms with Crippen LogP contribution in [0, 0.1) is 17.0 Å². The van der Waals surface area contributed by atoms with Crippen LogP contribution in [0.1, 0.15) is 25.3 Å². The molecule has 1 atom stereocenters. The fourth-order valence-electron chi connectivity index (χ4n) is 2.43. The highest BCUT2D eigenvalue weighted by atomic mass is 19.1. The van der Waals surface area contributed by atoms with Crippen LogP contribution in [0.3, 0.4) is 0 Å². The highest BCUT2D eigenvalue weighted by molar-refractivity contribution is 5.95. The van der Waals surface area contributed by atoms with Gasteiger partial charge in [-0.2, -0.15) is 0 Å². The Balaban J connectivity index is 2.37. The molecule has 1 aromatic rings. The zero-order valence-corrected chi connectivity index (χ0v) is 10.7. The summed E-state index contributed by atoms with van der Waals surface area (Å²) >= 11 is 0. The van der Waals surface area contributed by atoms with E-state index in [2.05, 4.69) is 0 Å². The minimum Gasteiger partial charge on any atom is -0.388 e. The number of rotatable bonds is 2. The van der Waals surface area contributed by atoms with Crippen molar-refractivity contribution in [2.75, 3.05) is 18.0 Å². The van der Waals surface area contributed by atoms with Gasteiger partial charge in [0.05, 0.1) is 5.60 Å². The fourth-order valence-corrected chi connectivity index (χ4v) is 2.43.